The number of hydrogen-bond acceptors (Lipinski definition) is 0. The van der Waals surface area contributed by atoms with Gasteiger partial charge in [0.2, 0.25) is 0 Å². The molecule has 0 atom stereocenters. The first-order valence-electron chi connectivity index (χ1n) is 10.2. The molecule has 0 amide bonds. The van der Waals surface area contributed by atoms with E-state index >= 15 is 4.39 Å². The van der Waals surface area contributed by atoms with E-state index in [4.69, 9.17) is 0 Å². The Morgan fingerprint density at radius 2 is 1.41 bits per heavy atom. The molecule has 1 heteroatoms. The Labute approximate surface area is 162 Å². The minimum absolute atomic E-state index is 0.0334. The summed E-state index contributed by atoms with van der Waals surface area (Å²) in [4.78, 5) is 0. The van der Waals surface area contributed by atoms with Crippen molar-refractivity contribution in [2.24, 2.45) is 0 Å². The van der Waals surface area contributed by atoms with Crippen molar-refractivity contribution in [2.75, 3.05) is 0 Å². The highest BCUT2D eigenvalue weighted by atomic mass is 19.1. The van der Waals surface area contributed by atoms with Crippen LogP contribution in [0, 0.1) is 12.7 Å². The second-order valence-corrected chi connectivity index (χ2v) is 7.83. The molecule has 0 aromatic heterocycles. The van der Waals surface area contributed by atoms with Gasteiger partial charge in [-0.25, -0.2) is 4.39 Å². The molecule has 0 aliphatic heterocycles. The summed E-state index contributed by atoms with van der Waals surface area (Å²) >= 11 is 0. The van der Waals surface area contributed by atoms with E-state index in [-0.39, 0.29) is 5.82 Å². The topological polar surface area (TPSA) is 0 Å². The second kappa shape index (κ2) is 7.68. The quantitative estimate of drug-likeness (QED) is 0.424. The second-order valence-electron chi connectivity index (χ2n) is 7.83. The summed E-state index contributed by atoms with van der Waals surface area (Å²) in [5.41, 5.74) is 7.35. The van der Waals surface area contributed by atoms with Crippen molar-refractivity contribution in [1.29, 1.82) is 0 Å². The van der Waals surface area contributed by atoms with E-state index in [0.29, 0.717) is 5.92 Å². The minimum atomic E-state index is -0.0334. The zero-order chi connectivity index (χ0) is 18.8. The number of rotatable bonds is 6. The summed E-state index contributed by atoms with van der Waals surface area (Å²) in [6, 6.07) is 20.9. The predicted octanol–water partition coefficient (Wildman–Crippen LogP) is 7.69. The zero-order valence-corrected chi connectivity index (χ0v) is 16.3. The van der Waals surface area contributed by atoms with Crippen LogP contribution < -0.4 is 0 Å². The molecule has 0 N–H and O–H groups in total. The molecule has 0 spiro atoms. The molecule has 1 saturated carbocycles. The molecule has 27 heavy (non-hydrogen) atoms. The largest absolute Gasteiger partial charge is 0.206 e. The average Bonchev–Trinajstić information content (AvgIpc) is 3.52. The van der Waals surface area contributed by atoms with Crippen LogP contribution in [0.2, 0.25) is 0 Å². The Morgan fingerprint density at radius 1 is 0.815 bits per heavy atom. The first kappa shape index (κ1) is 18.0. The first-order valence-corrected chi connectivity index (χ1v) is 10.2. The van der Waals surface area contributed by atoms with Gasteiger partial charge in [-0.2, -0.15) is 0 Å². The first-order chi connectivity index (χ1) is 13.2. The van der Waals surface area contributed by atoms with E-state index in [1.54, 1.807) is 0 Å². The van der Waals surface area contributed by atoms with E-state index in [0.717, 1.165) is 47.1 Å². The van der Waals surface area contributed by atoms with Gasteiger partial charge in [-0.15, -0.1) is 0 Å². The van der Waals surface area contributed by atoms with Crippen molar-refractivity contribution < 1.29 is 4.39 Å². The van der Waals surface area contributed by atoms with Crippen molar-refractivity contribution in [2.45, 2.75) is 51.9 Å². The van der Waals surface area contributed by atoms with Gasteiger partial charge in [-0.05, 0) is 66.3 Å². The van der Waals surface area contributed by atoms with Crippen LogP contribution in [-0.2, 0) is 6.42 Å². The van der Waals surface area contributed by atoms with Gasteiger partial charge in [0.1, 0.15) is 5.82 Å². The van der Waals surface area contributed by atoms with Crippen LogP contribution in [0.3, 0.4) is 0 Å². The SMILES string of the molecule is CCCCc1ccc(-c2ccc(-c3ccc(C)cc3)c(F)c2C2CC2)cc1. The molecule has 0 saturated heterocycles. The maximum absolute atomic E-state index is 15.5. The van der Waals surface area contributed by atoms with Gasteiger partial charge in [0.25, 0.3) is 0 Å². The third-order valence-corrected chi connectivity index (χ3v) is 5.61. The maximum atomic E-state index is 15.5. The standard InChI is InChI=1S/C26H27F/c1-3-4-5-19-8-12-20(13-9-19)23-16-17-24(21-10-6-18(2)7-11-21)26(27)25(23)22-14-15-22/h6-13,16-17,22H,3-5,14-15H2,1-2H3. The van der Waals surface area contributed by atoms with Crippen molar-refractivity contribution in [3.05, 3.63) is 83.2 Å². The van der Waals surface area contributed by atoms with Crippen molar-refractivity contribution in [1.82, 2.24) is 0 Å². The zero-order valence-electron chi connectivity index (χ0n) is 16.3. The van der Waals surface area contributed by atoms with Gasteiger partial charge in [0.15, 0.2) is 0 Å². The number of halogens is 1. The molecule has 0 bridgehead atoms. The van der Waals surface area contributed by atoms with Gasteiger partial charge in [0, 0.05) is 5.56 Å². The van der Waals surface area contributed by atoms with Crippen molar-refractivity contribution >= 4 is 0 Å². The highest BCUT2D eigenvalue weighted by Gasteiger charge is 2.31. The van der Waals surface area contributed by atoms with Gasteiger partial charge in [-0.3, -0.25) is 0 Å². The van der Waals surface area contributed by atoms with E-state index < -0.39 is 0 Å². The van der Waals surface area contributed by atoms with Crippen LogP contribution in [0.1, 0.15) is 55.2 Å². The normalized spacial score (nSPS) is 13.7. The van der Waals surface area contributed by atoms with E-state index in [9.17, 15) is 0 Å². The Balaban J connectivity index is 1.73. The highest BCUT2D eigenvalue weighted by Crippen LogP contribution is 2.47. The smallest absolute Gasteiger partial charge is 0.135 e. The van der Waals surface area contributed by atoms with Crippen molar-refractivity contribution in [3.8, 4) is 22.3 Å². The molecule has 1 aliphatic carbocycles. The number of hydrogen-bond donors (Lipinski definition) is 0. The van der Waals surface area contributed by atoms with Crippen LogP contribution in [-0.4, -0.2) is 0 Å². The molecule has 1 aliphatic rings. The third-order valence-electron chi connectivity index (χ3n) is 5.61. The summed E-state index contributed by atoms with van der Waals surface area (Å²) in [7, 11) is 0. The lowest BCUT2D eigenvalue weighted by molar-refractivity contribution is 0.615. The van der Waals surface area contributed by atoms with Gasteiger partial charge >= 0.3 is 0 Å². The van der Waals surface area contributed by atoms with Crippen LogP contribution in [0.25, 0.3) is 22.3 Å². The van der Waals surface area contributed by atoms with Crippen LogP contribution >= 0.6 is 0 Å². The van der Waals surface area contributed by atoms with Crippen molar-refractivity contribution in [3.63, 3.8) is 0 Å². The van der Waals surface area contributed by atoms with Gasteiger partial charge < -0.3 is 0 Å². The van der Waals surface area contributed by atoms with E-state index in [1.807, 2.05) is 18.2 Å². The Bertz CT molecular complexity index is 916. The summed E-state index contributed by atoms with van der Waals surface area (Å²) in [6.07, 6.45) is 5.73. The Hall–Kier alpha value is -2.41. The van der Waals surface area contributed by atoms with Crippen LogP contribution in [0.5, 0.6) is 0 Å². The fourth-order valence-corrected chi connectivity index (χ4v) is 3.80. The van der Waals surface area contributed by atoms with E-state index in [2.05, 4.69) is 56.3 Å². The van der Waals surface area contributed by atoms with Crippen LogP contribution in [0.15, 0.2) is 60.7 Å². The third kappa shape index (κ3) is 3.83. The summed E-state index contributed by atoms with van der Waals surface area (Å²) < 4.78 is 15.5. The number of unbranched alkanes of at least 4 members (excludes halogenated alkanes) is 1. The lowest BCUT2D eigenvalue weighted by atomic mass is 9.91. The van der Waals surface area contributed by atoms with Crippen LogP contribution in [0.4, 0.5) is 4.39 Å². The average molecular weight is 359 g/mol. The molecule has 0 heterocycles. The fraction of sp³-hybridized carbons (Fsp3) is 0.308. The lowest BCUT2D eigenvalue weighted by Crippen LogP contribution is -1.97. The minimum Gasteiger partial charge on any atom is -0.206 e. The number of benzene rings is 3. The molecular formula is C26H27F. The summed E-state index contributed by atoms with van der Waals surface area (Å²) in [5.74, 6) is 0.332. The van der Waals surface area contributed by atoms with Gasteiger partial charge in [0.05, 0.1) is 0 Å². The monoisotopic (exact) mass is 358 g/mol. The van der Waals surface area contributed by atoms with Gasteiger partial charge in [-0.1, -0.05) is 79.6 Å². The Kier molecular flexibility index (Phi) is 5.11. The fourth-order valence-electron chi connectivity index (χ4n) is 3.80. The molecule has 4 rings (SSSR count). The Morgan fingerprint density at radius 3 is 2.04 bits per heavy atom. The molecule has 0 unspecified atom stereocenters. The summed E-state index contributed by atoms with van der Waals surface area (Å²) in [5, 5.41) is 0. The summed E-state index contributed by atoms with van der Waals surface area (Å²) in [6.45, 7) is 4.28. The van der Waals surface area contributed by atoms with E-state index in [1.165, 1.54) is 24.0 Å². The predicted molar refractivity (Wildman–Crippen MR) is 113 cm³/mol. The highest BCUT2D eigenvalue weighted by molar-refractivity contribution is 5.75. The molecule has 3 aromatic rings. The molecule has 3 aromatic carbocycles. The number of aryl methyl sites for hydroxylation is 2. The molecule has 0 radical (unpaired) electrons. The molecule has 0 nitrogen and oxygen atoms in total. The molecule has 138 valence electrons. The lowest BCUT2D eigenvalue weighted by Gasteiger charge is -2.15. The maximum Gasteiger partial charge on any atom is 0.135 e. The molecular weight excluding hydrogens is 331 g/mol. The molecule has 1 fully saturated rings.